The monoisotopic (exact) mass is 406 g/mol. The Morgan fingerprint density at radius 1 is 1.14 bits per heavy atom. The van der Waals surface area contributed by atoms with E-state index in [4.69, 9.17) is 9.47 Å². The van der Waals surface area contributed by atoms with E-state index in [-0.39, 0.29) is 30.4 Å². The predicted molar refractivity (Wildman–Crippen MR) is 103 cm³/mol. The molecule has 0 saturated heterocycles. The van der Waals surface area contributed by atoms with Gasteiger partial charge in [-0.05, 0) is 63.2 Å². The number of amides is 1. The van der Waals surface area contributed by atoms with Crippen molar-refractivity contribution in [2.24, 2.45) is 23.2 Å². The highest BCUT2D eigenvalue weighted by Crippen LogP contribution is 2.60. The van der Waals surface area contributed by atoms with Gasteiger partial charge in [-0.3, -0.25) is 19.7 Å². The number of nitrogens with one attached hydrogen (secondary N) is 1. The average Bonchev–Trinajstić information content (AvgIpc) is 3.05. The first-order valence-electron chi connectivity index (χ1n) is 10.0. The molecule has 1 N–H and O–H groups in total. The molecule has 4 fully saturated rings. The van der Waals surface area contributed by atoms with E-state index in [0.717, 1.165) is 19.3 Å². The highest BCUT2D eigenvalue weighted by atomic mass is 32.1. The molecule has 1 heterocycles. The third-order valence-corrected chi connectivity index (χ3v) is 7.04. The van der Waals surface area contributed by atoms with Crippen molar-refractivity contribution in [3.63, 3.8) is 0 Å². The van der Waals surface area contributed by atoms with Crippen LogP contribution >= 0.6 is 11.3 Å². The van der Waals surface area contributed by atoms with Crippen LogP contribution in [-0.2, 0) is 30.3 Å². The topological polar surface area (TPSA) is 94.6 Å². The summed E-state index contributed by atoms with van der Waals surface area (Å²) >= 11 is 1.23. The van der Waals surface area contributed by atoms with Crippen LogP contribution in [0.2, 0.25) is 0 Å². The van der Waals surface area contributed by atoms with Crippen LogP contribution in [0.25, 0.3) is 0 Å². The maximum atomic E-state index is 12.8. The molecule has 7 nitrogen and oxygen atoms in total. The van der Waals surface area contributed by atoms with Gasteiger partial charge in [-0.25, -0.2) is 4.98 Å². The van der Waals surface area contributed by atoms with Crippen LogP contribution in [0.3, 0.4) is 0 Å². The van der Waals surface area contributed by atoms with Crippen molar-refractivity contribution in [1.29, 1.82) is 0 Å². The zero-order valence-corrected chi connectivity index (χ0v) is 16.9. The lowest BCUT2D eigenvalue weighted by Gasteiger charge is -2.55. The summed E-state index contributed by atoms with van der Waals surface area (Å²) < 4.78 is 10.3. The number of hydrogen-bond acceptors (Lipinski definition) is 7. The minimum Gasteiger partial charge on any atom is -0.466 e. The second kappa shape index (κ2) is 7.81. The van der Waals surface area contributed by atoms with E-state index in [1.807, 2.05) is 0 Å². The molecule has 0 aromatic carbocycles. The predicted octanol–water partition coefficient (Wildman–Crippen LogP) is 2.95. The summed E-state index contributed by atoms with van der Waals surface area (Å²) in [6, 6.07) is 0. The summed E-state index contributed by atoms with van der Waals surface area (Å²) in [5.41, 5.74) is 0.188. The van der Waals surface area contributed by atoms with Gasteiger partial charge >= 0.3 is 11.9 Å². The number of hydrogen-bond donors (Lipinski definition) is 1. The summed E-state index contributed by atoms with van der Waals surface area (Å²) in [6.07, 6.45) is 6.60. The van der Waals surface area contributed by atoms with E-state index in [2.05, 4.69) is 10.3 Å². The Morgan fingerprint density at radius 3 is 2.39 bits per heavy atom. The number of carbonyl (C=O) groups is 3. The molecule has 8 heteroatoms. The zero-order valence-electron chi connectivity index (χ0n) is 16.1. The highest BCUT2D eigenvalue weighted by Gasteiger charge is 2.55. The van der Waals surface area contributed by atoms with Gasteiger partial charge in [0.05, 0.1) is 24.1 Å². The van der Waals surface area contributed by atoms with E-state index >= 15 is 0 Å². The SMILES string of the molecule is CCOC(=O)Cc1csc(NC(=O)COC(=O)C23CC4CC(CC(C4)C2)C3)n1. The first kappa shape index (κ1) is 19.4. The van der Waals surface area contributed by atoms with Gasteiger partial charge in [-0.15, -0.1) is 11.3 Å². The van der Waals surface area contributed by atoms with Crippen LogP contribution in [0.5, 0.6) is 0 Å². The fourth-order valence-electron chi connectivity index (χ4n) is 5.61. The lowest BCUT2D eigenvalue weighted by atomic mass is 9.49. The zero-order chi connectivity index (χ0) is 19.7. The molecule has 4 aliphatic carbocycles. The molecule has 152 valence electrons. The summed E-state index contributed by atoms with van der Waals surface area (Å²) in [5.74, 6) is 0.997. The van der Waals surface area contributed by atoms with Crippen molar-refractivity contribution in [1.82, 2.24) is 4.98 Å². The third-order valence-electron chi connectivity index (χ3n) is 6.23. The van der Waals surface area contributed by atoms with Crippen LogP contribution in [0.15, 0.2) is 5.38 Å². The fraction of sp³-hybridized carbons (Fsp3) is 0.700. The van der Waals surface area contributed by atoms with E-state index in [9.17, 15) is 14.4 Å². The van der Waals surface area contributed by atoms with Crippen LogP contribution in [0.4, 0.5) is 5.13 Å². The summed E-state index contributed by atoms with van der Waals surface area (Å²) in [5, 5.41) is 4.72. The van der Waals surface area contributed by atoms with Crippen LogP contribution in [-0.4, -0.2) is 36.0 Å². The Hall–Kier alpha value is -1.96. The quantitative estimate of drug-likeness (QED) is 0.700. The normalized spacial score (nSPS) is 30.1. The molecule has 0 unspecified atom stereocenters. The van der Waals surface area contributed by atoms with Gasteiger partial charge in [-0.1, -0.05) is 0 Å². The number of nitrogens with zero attached hydrogens (tertiary/aromatic N) is 1. The Bertz CT molecular complexity index is 739. The lowest BCUT2D eigenvalue weighted by molar-refractivity contribution is -0.172. The smallest absolute Gasteiger partial charge is 0.312 e. The Labute approximate surface area is 168 Å². The van der Waals surface area contributed by atoms with Crippen molar-refractivity contribution in [3.8, 4) is 0 Å². The lowest BCUT2D eigenvalue weighted by Crippen LogP contribution is -2.50. The molecule has 4 bridgehead atoms. The minimum absolute atomic E-state index is 0.0707. The van der Waals surface area contributed by atoms with E-state index < -0.39 is 5.91 Å². The van der Waals surface area contributed by atoms with Crippen LogP contribution in [0.1, 0.15) is 51.1 Å². The second-order valence-corrected chi connectivity index (χ2v) is 9.31. The van der Waals surface area contributed by atoms with E-state index in [1.54, 1.807) is 12.3 Å². The number of rotatable bonds is 7. The molecule has 0 radical (unpaired) electrons. The Balaban J connectivity index is 1.26. The number of aromatic nitrogens is 1. The number of thiazole rings is 1. The number of carbonyl (C=O) groups excluding carboxylic acids is 3. The first-order valence-corrected chi connectivity index (χ1v) is 10.9. The average molecular weight is 407 g/mol. The maximum absolute atomic E-state index is 12.8. The summed E-state index contributed by atoms with van der Waals surface area (Å²) in [6.45, 7) is 1.77. The van der Waals surface area contributed by atoms with E-state index in [0.29, 0.717) is 35.2 Å². The molecular formula is C20H26N2O5S. The molecular weight excluding hydrogens is 380 g/mol. The van der Waals surface area contributed by atoms with Gasteiger partial charge in [0, 0.05) is 5.38 Å². The second-order valence-electron chi connectivity index (χ2n) is 8.45. The molecule has 5 rings (SSSR count). The largest absolute Gasteiger partial charge is 0.466 e. The van der Waals surface area contributed by atoms with Gasteiger partial charge in [0.25, 0.3) is 5.91 Å². The van der Waals surface area contributed by atoms with Crippen molar-refractivity contribution in [2.45, 2.75) is 51.9 Å². The first-order chi connectivity index (χ1) is 13.5. The molecule has 1 aromatic rings. The highest BCUT2D eigenvalue weighted by molar-refractivity contribution is 7.13. The number of esters is 2. The maximum Gasteiger partial charge on any atom is 0.312 e. The molecule has 0 aliphatic heterocycles. The molecule has 28 heavy (non-hydrogen) atoms. The molecule has 1 amide bonds. The van der Waals surface area contributed by atoms with Crippen molar-refractivity contribution < 1.29 is 23.9 Å². The molecule has 1 aromatic heterocycles. The number of anilines is 1. The number of ether oxygens (including phenoxy) is 2. The van der Waals surface area contributed by atoms with Crippen LogP contribution in [0, 0.1) is 23.2 Å². The summed E-state index contributed by atoms with van der Waals surface area (Å²) in [7, 11) is 0. The van der Waals surface area contributed by atoms with Gasteiger partial charge in [0.2, 0.25) is 0 Å². The van der Waals surface area contributed by atoms with Crippen molar-refractivity contribution in [2.75, 3.05) is 18.5 Å². The van der Waals surface area contributed by atoms with Gasteiger partial charge in [0.1, 0.15) is 0 Å². The van der Waals surface area contributed by atoms with Gasteiger partial charge in [0.15, 0.2) is 11.7 Å². The molecule has 0 atom stereocenters. The Morgan fingerprint density at radius 2 is 1.79 bits per heavy atom. The standard InChI is InChI=1S/C20H26N2O5S/c1-2-26-17(24)6-15-11-28-19(21-15)22-16(23)10-27-18(25)20-7-12-3-13(8-20)5-14(4-12)9-20/h11-14H,2-10H2,1H3,(H,21,22,23). The molecule has 4 aliphatic rings. The minimum atomic E-state index is -0.407. The Kier molecular flexibility index (Phi) is 5.40. The third kappa shape index (κ3) is 4.06. The van der Waals surface area contributed by atoms with Crippen molar-refractivity contribution in [3.05, 3.63) is 11.1 Å². The van der Waals surface area contributed by atoms with Gasteiger partial charge < -0.3 is 9.47 Å². The van der Waals surface area contributed by atoms with Gasteiger partial charge in [-0.2, -0.15) is 0 Å². The van der Waals surface area contributed by atoms with Crippen molar-refractivity contribution >= 4 is 34.3 Å². The van der Waals surface area contributed by atoms with E-state index in [1.165, 1.54) is 30.6 Å². The molecule has 4 saturated carbocycles. The summed E-state index contributed by atoms with van der Waals surface area (Å²) in [4.78, 5) is 40.6. The van der Waals surface area contributed by atoms with Crippen LogP contribution < -0.4 is 5.32 Å². The molecule has 0 spiro atoms. The fourth-order valence-corrected chi connectivity index (χ4v) is 6.33.